The Morgan fingerprint density at radius 2 is 2.15 bits per heavy atom. The summed E-state index contributed by atoms with van der Waals surface area (Å²) in [5.74, 6) is 0.931. The van der Waals surface area contributed by atoms with Crippen molar-refractivity contribution in [2.45, 2.75) is 19.8 Å². The number of aryl methyl sites for hydroxylation is 1. The lowest BCUT2D eigenvalue weighted by molar-refractivity contribution is 0.624. The average Bonchev–Trinajstić information content (AvgIpc) is 3.08. The largest absolute Gasteiger partial charge is 0.454 e. The van der Waals surface area contributed by atoms with Crippen LogP contribution in [0.1, 0.15) is 17.5 Å². The van der Waals surface area contributed by atoms with Gasteiger partial charge in [0.25, 0.3) is 0 Å². The molecule has 0 saturated heterocycles. The van der Waals surface area contributed by atoms with Gasteiger partial charge in [-0.05, 0) is 19.5 Å². The van der Waals surface area contributed by atoms with Gasteiger partial charge in [0.15, 0.2) is 5.76 Å². The van der Waals surface area contributed by atoms with Crippen LogP contribution in [-0.4, -0.2) is 18.6 Å². The van der Waals surface area contributed by atoms with Gasteiger partial charge in [-0.25, -0.2) is 4.98 Å². The van der Waals surface area contributed by atoms with E-state index in [0.717, 1.165) is 41.4 Å². The van der Waals surface area contributed by atoms with Crippen molar-refractivity contribution in [1.82, 2.24) is 10.3 Å². The number of benzene rings is 1. The summed E-state index contributed by atoms with van der Waals surface area (Å²) in [6.45, 7) is 3.11. The Morgan fingerprint density at radius 3 is 2.95 bits per heavy atom. The van der Waals surface area contributed by atoms with Gasteiger partial charge >= 0.3 is 0 Å². The van der Waals surface area contributed by atoms with Gasteiger partial charge in [-0.15, -0.1) is 11.3 Å². The maximum absolute atomic E-state index is 6.02. The predicted octanol–water partition coefficient (Wildman–Crippen LogP) is 3.88. The van der Waals surface area contributed by atoms with Crippen LogP contribution in [0.4, 0.5) is 0 Å². The summed E-state index contributed by atoms with van der Waals surface area (Å²) >= 11 is 1.70. The van der Waals surface area contributed by atoms with Gasteiger partial charge in [-0.2, -0.15) is 0 Å². The first-order valence-corrected chi connectivity index (χ1v) is 7.81. The zero-order chi connectivity index (χ0) is 13.9. The van der Waals surface area contributed by atoms with Gasteiger partial charge in [0.2, 0.25) is 0 Å². The summed E-state index contributed by atoms with van der Waals surface area (Å²) in [6.07, 6.45) is 1.92. The lowest BCUT2D eigenvalue weighted by atomic mass is 10.1. The average molecular weight is 286 g/mol. The number of rotatable bonds is 5. The molecule has 0 unspecified atom stereocenters. The van der Waals surface area contributed by atoms with E-state index in [1.54, 1.807) is 11.3 Å². The third-order valence-corrected chi connectivity index (χ3v) is 4.33. The molecule has 4 heteroatoms. The zero-order valence-electron chi connectivity index (χ0n) is 11.8. The van der Waals surface area contributed by atoms with Crippen LogP contribution in [0.3, 0.4) is 0 Å². The SMILES string of the molecule is CCc1c(-c2csc(CCNC)n2)oc2ccccc12. The maximum Gasteiger partial charge on any atom is 0.157 e. The van der Waals surface area contributed by atoms with Crippen LogP contribution in [0, 0.1) is 0 Å². The molecule has 0 bridgehead atoms. The summed E-state index contributed by atoms with van der Waals surface area (Å²) in [6, 6.07) is 8.20. The Kier molecular flexibility index (Phi) is 3.85. The van der Waals surface area contributed by atoms with Gasteiger partial charge in [0.1, 0.15) is 11.3 Å². The van der Waals surface area contributed by atoms with Crippen LogP contribution in [0.5, 0.6) is 0 Å². The van der Waals surface area contributed by atoms with Crippen LogP contribution in [-0.2, 0) is 12.8 Å². The molecule has 0 radical (unpaired) electrons. The number of fused-ring (bicyclic) bond motifs is 1. The van der Waals surface area contributed by atoms with E-state index in [-0.39, 0.29) is 0 Å². The fraction of sp³-hybridized carbons (Fsp3) is 0.312. The highest BCUT2D eigenvalue weighted by atomic mass is 32.1. The number of thiazole rings is 1. The molecule has 0 aliphatic rings. The smallest absolute Gasteiger partial charge is 0.157 e. The van der Waals surface area contributed by atoms with Gasteiger partial charge in [0.05, 0.1) is 5.01 Å². The monoisotopic (exact) mass is 286 g/mol. The molecule has 104 valence electrons. The normalized spacial score (nSPS) is 11.3. The molecular formula is C16H18N2OS. The number of nitrogens with one attached hydrogen (secondary N) is 1. The van der Waals surface area contributed by atoms with Crippen molar-refractivity contribution in [1.29, 1.82) is 0 Å². The Hall–Kier alpha value is -1.65. The minimum Gasteiger partial charge on any atom is -0.454 e. The molecule has 0 saturated carbocycles. The minimum absolute atomic E-state index is 0.931. The van der Waals surface area contributed by atoms with Crippen LogP contribution in [0.25, 0.3) is 22.4 Å². The zero-order valence-corrected chi connectivity index (χ0v) is 12.6. The van der Waals surface area contributed by atoms with E-state index in [9.17, 15) is 0 Å². The third-order valence-electron chi connectivity index (χ3n) is 3.43. The Morgan fingerprint density at radius 1 is 1.30 bits per heavy atom. The second-order valence-electron chi connectivity index (χ2n) is 4.74. The Labute approximate surface area is 122 Å². The van der Waals surface area contributed by atoms with Crippen molar-refractivity contribution < 1.29 is 4.42 Å². The van der Waals surface area contributed by atoms with Crippen molar-refractivity contribution in [3.8, 4) is 11.5 Å². The molecule has 0 fully saturated rings. The van der Waals surface area contributed by atoms with Gasteiger partial charge in [-0.1, -0.05) is 25.1 Å². The van der Waals surface area contributed by atoms with Gasteiger partial charge < -0.3 is 9.73 Å². The van der Waals surface area contributed by atoms with Crippen molar-refractivity contribution in [3.05, 3.63) is 40.2 Å². The first kappa shape index (κ1) is 13.3. The summed E-state index contributed by atoms with van der Waals surface area (Å²) in [5, 5.41) is 7.60. The second-order valence-corrected chi connectivity index (χ2v) is 5.68. The number of furan rings is 1. The molecule has 20 heavy (non-hydrogen) atoms. The predicted molar refractivity (Wildman–Crippen MR) is 84.3 cm³/mol. The van der Waals surface area contributed by atoms with Crippen molar-refractivity contribution in [2.24, 2.45) is 0 Å². The number of aromatic nitrogens is 1. The van der Waals surface area contributed by atoms with E-state index >= 15 is 0 Å². The Balaban J connectivity index is 2.02. The summed E-state index contributed by atoms with van der Waals surface area (Å²) in [5.41, 5.74) is 3.17. The summed E-state index contributed by atoms with van der Waals surface area (Å²) in [7, 11) is 1.96. The summed E-state index contributed by atoms with van der Waals surface area (Å²) in [4.78, 5) is 4.71. The lowest BCUT2D eigenvalue weighted by Crippen LogP contribution is -2.09. The minimum atomic E-state index is 0.931. The third kappa shape index (κ3) is 2.37. The lowest BCUT2D eigenvalue weighted by Gasteiger charge is -1.96. The molecule has 1 N–H and O–H groups in total. The van der Waals surface area contributed by atoms with E-state index < -0.39 is 0 Å². The first-order chi connectivity index (χ1) is 9.83. The van der Waals surface area contributed by atoms with Crippen LogP contribution >= 0.6 is 11.3 Å². The van der Waals surface area contributed by atoms with E-state index in [4.69, 9.17) is 9.40 Å². The van der Waals surface area contributed by atoms with Gasteiger partial charge in [0, 0.05) is 29.3 Å². The molecule has 0 atom stereocenters. The van der Waals surface area contributed by atoms with Crippen LogP contribution < -0.4 is 5.32 Å². The molecule has 3 rings (SSSR count). The van der Waals surface area contributed by atoms with Crippen LogP contribution in [0.15, 0.2) is 34.1 Å². The van der Waals surface area contributed by atoms with E-state index in [0.29, 0.717) is 0 Å². The van der Waals surface area contributed by atoms with Crippen molar-refractivity contribution >= 4 is 22.3 Å². The number of para-hydroxylation sites is 1. The first-order valence-electron chi connectivity index (χ1n) is 6.93. The molecule has 2 heterocycles. The fourth-order valence-corrected chi connectivity index (χ4v) is 3.20. The number of likely N-dealkylation sites (N-methyl/N-ethyl adjacent to an activating group) is 1. The highest BCUT2D eigenvalue weighted by Crippen LogP contribution is 2.34. The topological polar surface area (TPSA) is 38.1 Å². The standard InChI is InChI=1S/C16H18N2OS/c1-3-11-12-6-4-5-7-14(12)19-16(11)13-10-20-15(18-13)8-9-17-2/h4-7,10,17H,3,8-9H2,1-2H3. The molecule has 3 aromatic rings. The van der Waals surface area contributed by atoms with Crippen molar-refractivity contribution in [2.75, 3.05) is 13.6 Å². The molecule has 0 aliphatic heterocycles. The fourth-order valence-electron chi connectivity index (χ4n) is 2.42. The van der Waals surface area contributed by atoms with Crippen LogP contribution in [0.2, 0.25) is 0 Å². The second kappa shape index (κ2) is 5.77. The number of hydrogen-bond acceptors (Lipinski definition) is 4. The summed E-state index contributed by atoms with van der Waals surface area (Å²) < 4.78 is 6.02. The van der Waals surface area contributed by atoms with E-state index in [1.807, 2.05) is 19.2 Å². The van der Waals surface area contributed by atoms with E-state index in [1.165, 1.54) is 10.9 Å². The quantitative estimate of drug-likeness (QED) is 0.773. The van der Waals surface area contributed by atoms with Crippen molar-refractivity contribution in [3.63, 3.8) is 0 Å². The number of nitrogens with zero attached hydrogens (tertiary/aromatic N) is 1. The van der Waals surface area contributed by atoms with Gasteiger partial charge in [-0.3, -0.25) is 0 Å². The highest BCUT2D eigenvalue weighted by Gasteiger charge is 2.16. The Bertz CT molecular complexity index is 714. The molecule has 3 nitrogen and oxygen atoms in total. The number of hydrogen-bond donors (Lipinski definition) is 1. The molecule has 0 aliphatic carbocycles. The van der Waals surface area contributed by atoms with E-state index in [2.05, 4.69) is 29.8 Å². The molecule has 1 aromatic carbocycles. The molecular weight excluding hydrogens is 268 g/mol. The maximum atomic E-state index is 6.02. The molecule has 2 aromatic heterocycles. The molecule has 0 spiro atoms. The highest BCUT2D eigenvalue weighted by molar-refractivity contribution is 7.09. The molecule has 0 amide bonds.